The van der Waals surface area contributed by atoms with Gasteiger partial charge < -0.3 is 29.3 Å². The van der Waals surface area contributed by atoms with Gasteiger partial charge in [-0.2, -0.15) is 0 Å². The molecular formula is C22H24ClN5O5. The van der Waals surface area contributed by atoms with Crippen molar-refractivity contribution in [3.8, 4) is 17.2 Å². The third kappa shape index (κ3) is 4.47. The number of ether oxygens (including phenoxy) is 3. The number of aromatic nitrogens is 2. The molecule has 1 aliphatic heterocycles. The Bertz CT molecular complexity index is 1240. The summed E-state index contributed by atoms with van der Waals surface area (Å²) in [6.07, 6.45) is 0. The molecule has 174 valence electrons. The number of benzene rings is 2. The molecule has 3 aromatic rings. The third-order valence-electron chi connectivity index (χ3n) is 5.43. The van der Waals surface area contributed by atoms with Gasteiger partial charge in [0.15, 0.2) is 11.5 Å². The summed E-state index contributed by atoms with van der Waals surface area (Å²) in [6.45, 7) is 1.93. The molecule has 1 aliphatic rings. The predicted molar refractivity (Wildman–Crippen MR) is 126 cm³/mol. The Morgan fingerprint density at radius 3 is 2.42 bits per heavy atom. The van der Waals surface area contributed by atoms with Gasteiger partial charge in [-0.15, -0.1) is 0 Å². The molecule has 0 atom stereocenters. The van der Waals surface area contributed by atoms with Crippen molar-refractivity contribution in [2.24, 2.45) is 0 Å². The second-order valence-corrected chi connectivity index (χ2v) is 7.78. The van der Waals surface area contributed by atoms with Crippen LogP contribution in [0.25, 0.3) is 10.9 Å². The SMILES string of the molecule is COc1cc2nc(N3CCN(C(=O)Nc4cccc(Cl)c4)CC3)[nH]c(=O)c2c(OC)c1OC. The monoisotopic (exact) mass is 473 g/mol. The van der Waals surface area contributed by atoms with E-state index in [1.54, 1.807) is 35.2 Å². The molecule has 1 saturated heterocycles. The van der Waals surface area contributed by atoms with E-state index in [4.69, 9.17) is 25.8 Å². The van der Waals surface area contributed by atoms with Crippen LogP contribution in [0.4, 0.5) is 16.4 Å². The molecular weight excluding hydrogens is 450 g/mol. The Balaban J connectivity index is 1.53. The average molecular weight is 474 g/mol. The molecule has 11 heteroatoms. The van der Waals surface area contributed by atoms with E-state index in [2.05, 4.69) is 15.3 Å². The van der Waals surface area contributed by atoms with Crippen LogP contribution in [0.2, 0.25) is 5.02 Å². The largest absolute Gasteiger partial charge is 0.493 e. The Hall–Kier alpha value is -3.66. The fourth-order valence-corrected chi connectivity index (χ4v) is 3.99. The third-order valence-corrected chi connectivity index (χ3v) is 5.67. The molecule has 2 amide bonds. The molecule has 2 heterocycles. The molecule has 1 aromatic heterocycles. The van der Waals surface area contributed by atoms with Gasteiger partial charge in [0.05, 0.1) is 26.8 Å². The van der Waals surface area contributed by atoms with Crippen molar-refractivity contribution in [2.45, 2.75) is 0 Å². The van der Waals surface area contributed by atoms with Gasteiger partial charge >= 0.3 is 6.03 Å². The van der Waals surface area contributed by atoms with E-state index in [9.17, 15) is 9.59 Å². The first-order valence-corrected chi connectivity index (χ1v) is 10.6. The number of aromatic amines is 1. The Morgan fingerprint density at radius 2 is 1.79 bits per heavy atom. The predicted octanol–water partition coefficient (Wildman–Crippen LogP) is 2.96. The maximum Gasteiger partial charge on any atom is 0.321 e. The molecule has 0 aliphatic carbocycles. The molecule has 4 rings (SSSR count). The molecule has 2 N–H and O–H groups in total. The fourth-order valence-electron chi connectivity index (χ4n) is 3.80. The number of rotatable bonds is 5. The van der Waals surface area contributed by atoms with Crippen LogP contribution >= 0.6 is 11.6 Å². The lowest BCUT2D eigenvalue weighted by Crippen LogP contribution is -2.50. The first-order chi connectivity index (χ1) is 15.9. The van der Waals surface area contributed by atoms with Crippen molar-refractivity contribution in [3.63, 3.8) is 0 Å². The van der Waals surface area contributed by atoms with E-state index in [1.165, 1.54) is 21.3 Å². The summed E-state index contributed by atoms with van der Waals surface area (Å²) in [6, 6.07) is 8.42. The number of nitrogens with zero attached hydrogens (tertiary/aromatic N) is 3. The molecule has 33 heavy (non-hydrogen) atoms. The fraction of sp³-hybridized carbons (Fsp3) is 0.318. The minimum Gasteiger partial charge on any atom is -0.493 e. The zero-order valence-corrected chi connectivity index (χ0v) is 19.2. The van der Waals surface area contributed by atoms with E-state index < -0.39 is 0 Å². The van der Waals surface area contributed by atoms with Crippen molar-refractivity contribution in [1.29, 1.82) is 0 Å². The number of fused-ring (bicyclic) bond motifs is 1. The van der Waals surface area contributed by atoms with Crippen molar-refractivity contribution in [2.75, 3.05) is 57.7 Å². The van der Waals surface area contributed by atoms with Gasteiger partial charge in [-0.05, 0) is 18.2 Å². The molecule has 1 fully saturated rings. The van der Waals surface area contributed by atoms with Crippen LogP contribution in [0, 0.1) is 0 Å². The number of urea groups is 1. The molecule has 0 radical (unpaired) electrons. The number of carbonyl (C=O) groups excluding carboxylic acids is 1. The van der Waals surface area contributed by atoms with Crippen LogP contribution in [0.5, 0.6) is 17.2 Å². The number of H-pyrrole nitrogens is 1. The summed E-state index contributed by atoms with van der Waals surface area (Å²) in [7, 11) is 4.44. The number of hydrogen-bond donors (Lipinski definition) is 2. The van der Waals surface area contributed by atoms with E-state index in [0.29, 0.717) is 59.9 Å². The minimum atomic E-state index is -0.353. The number of anilines is 2. The molecule has 0 saturated carbocycles. The molecule has 0 bridgehead atoms. The van der Waals surface area contributed by atoms with Gasteiger partial charge in [0.25, 0.3) is 5.56 Å². The summed E-state index contributed by atoms with van der Waals surface area (Å²) >= 11 is 5.98. The van der Waals surface area contributed by atoms with Crippen molar-refractivity contribution < 1.29 is 19.0 Å². The van der Waals surface area contributed by atoms with Gasteiger partial charge in [-0.1, -0.05) is 17.7 Å². The Labute approximate surface area is 195 Å². The summed E-state index contributed by atoms with van der Waals surface area (Å²) in [5.41, 5.74) is 0.701. The van der Waals surface area contributed by atoms with Crippen LogP contribution in [0.15, 0.2) is 35.1 Å². The quantitative estimate of drug-likeness (QED) is 0.586. The Morgan fingerprint density at radius 1 is 1.06 bits per heavy atom. The van der Waals surface area contributed by atoms with Crippen molar-refractivity contribution in [3.05, 3.63) is 45.7 Å². The number of hydrogen-bond acceptors (Lipinski definition) is 7. The normalized spacial score (nSPS) is 13.7. The van der Waals surface area contributed by atoms with Gasteiger partial charge in [0.1, 0.15) is 5.39 Å². The summed E-state index contributed by atoms with van der Waals surface area (Å²) < 4.78 is 16.2. The first-order valence-electron chi connectivity index (χ1n) is 10.2. The standard InChI is InChI=1S/C22H24ClN5O5/c1-31-16-12-15-17(19(33-3)18(16)32-2)20(29)26-21(25-15)27-7-9-28(10-8-27)22(30)24-14-6-4-5-13(23)11-14/h4-6,11-12H,7-10H2,1-3H3,(H,24,30)(H,25,26,29). The molecule has 0 spiro atoms. The lowest BCUT2D eigenvalue weighted by atomic mass is 10.2. The zero-order chi connectivity index (χ0) is 23.5. The van der Waals surface area contributed by atoms with Gasteiger partial charge in [0.2, 0.25) is 11.7 Å². The van der Waals surface area contributed by atoms with Crippen LogP contribution < -0.4 is 30.0 Å². The lowest BCUT2D eigenvalue weighted by Gasteiger charge is -2.35. The second kappa shape index (κ2) is 9.45. The van der Waals surface area contributed by atoms with E-state index in [1.807, 2.05) is 4.90 Å². The molecule has 10 nitrogen and oxygen atoms in total. The highest BCUT2D eigenvalue weighted by molar-refractivity contribution is 6.30. The highest BCUT2D eigenvalue weighted by Crippen LogP contribution is 2.41. The zero-order valence-electron chi connectivity index (χ0n) is 18.5. The molecule has 2 aromatic carbocycles. The number of carbonyl (C=O) groups is 1. The average Bonchev–Trinajstić information content (AvgIpc) is 2.82. The summed E-state index contributed by atoms with van der Waals surface area (Å²) in [5.74, 6) is 1.41. The topological polar surface area (TPSA) is 109 Å². The van der Waals surface area contributed by atoms with Crippen molar-refractivity contribution in [1.82, 2.24) is 14.9 Å². The van der Waals surface area contributed by atoms with Gasteiger partial charge in [-0.3, -0.25) is 9.78 Å². The smallest absolute Gasteiger partial charge is 0.321 e. The number of amides is 2. The van der Waals surface area contributed by atoms with Crippen LogP contribution in [0.1, 0.15) is 0 Å². The minimum absolute atomic E-state index is 0.210. The van der Waals surface area contributed by atoms with Gasteiger partial charge in [0, 0.05) is 43.0 Å². The number of piperazine rings is 1. The lowest BCUT2D eigenvalue weighted by molar-refractivity contribution is 0.208. The number of methoxy groups -OCH3 is 3. The van der Waals surface area contributed by atoms with E-state index in [0.717, 1.165) is 0 Å². The first kappa shape index (κ1) is 22.5. The highest BCUT2D eigenvalue weighted by Gasteiger charge is 2.25. The number of nitrogens with one attached hydrogen (secondary N) is 2. The van der Waals surface area contributed by atoms with Crippen LogP contribution in [0.3, 0.4) is 0 Å². The maximum atomic E-state index is 12.9. The van der Waals surface area contributed by atoms with Crippen LogP contribution in [-0.4, -0.2) is 68.4 Å². The van der Waals surface area contributed by atoms with Crippen LogP contribution in [-0.2, 0) is 0 Å². The number of halogens is 1. The highest BCUT2D eigenvalue weighted by atomic mass is 35.5. The Kier molecular flexibility index (Phi) is 6.45. The van der Waals surface area contributed by atoms with E-state index >= 15 is 0 Å². The van der Waals surface area contributed by atoms with Gasteiger partial charge in [-0.25, -0.2) is 9.78 Å². The summed E-state index contributed by atoms with van der Waals surface area (Å²) in [4.78, 5) is 36.6. The van der Waals surface area contributed by atoms with Crippen molar-refractivity contribution >= 4 is 40.2 Å². The second-order valence-electron chi connectivity index (χ2n) is 7.34. The summed E-state index contributed by atoms with van der Waals surface area (Å²) in [5, 5.41) is 3.67. The maximum absolute atomic E-state index is 12.9. The molecule has 0 unspecified atom stereocenters. The van der Waals surface area contributed by atoms with E-state index in [-0.39, 0.29) is 22.7 Å².